The van der Waals surface area contributed by atoms with E-state index in [0.717, 1.165) is 19.2 Å². The summed E-state index contributed by atoms with van der Waals surface area (Å²) in [7, 11) is 0.807. The number of carbonyl (C=O) groups excluding carboxylic acids is 1. The van der Waals surface area contributed by atoms with Crippen molar-refractivity contribution < 1.29 is 22.4 Å². The highest BCUT2D eigenvalue weighted by Crippen LogP contribution is 2.28. The molecule has 25 heavy (non-hydrogen) atoms. The molecule has 1 aromatic rings. The first-order valence-electron chi connectivity index (χ1n) is 6.85. The number of amides is 1. The summed E-state index contributed by atoms with van der Waals surface area (Å²) in [5.74, 6) is -1.57. The van der Waals surface area contributed by atoms with Crippen LogP contribution in [-0.2, 0) is 18.0 Å². The zero-order valence-corrected chi connectivity index (χ0v) is 13.7. The van der Waals surface area contributed by atoms with Crippen molar-refractivity contribution in [2.45, 2.75) is 24.5 Å². The summed E-state index contributed by atoms with van der Waals surface area (Å²) in [6.07, 6.45) is -3.08. The summed E-state index contributed by atoms with van der Waals surface area (Å²) in [6.45, 7) is 1.18. The highest BCUT2D eigenvalue weighted by molar-refractivity contribution is 6.23. The van der Waals surface area contributed by atoms with Crippen LogP contribution in [0.4, 0.5) is 17.6 Å². The lowest BCUT2D eigenvalue weighted by Crippen LogP contribution is -2.44. The molecule has 2 unspecified atom stereocenters. The van der Waals surface area contributed by atoms with Gasteiger partial charge in [0.15, 0.2) is 0 Å². The molecule has 2 atom stereocenters. The highest BCUT2D eigenvalue weighted by Gasteiger charge is 2.36. The standard InChI is InChI=1S/C14H12ClF4N3O3/c1-6(23)20-9-4-10(8(16)3-7(9)15)22-12(24)5-11(14(17,18)19)21(2)13(22)25/h3-5,7,9H,1-2H3,(H,20,23). The molecule has 0 saturated heterocycles. The minimum absolute atomic E-state index is 0.190. The Labute approximate surface area is 143 Å². The molecule has 1 aliphatic carbocycles. The minimum Gasteiger partial charge on any atom is -0.348 e. The Morgan fingerprint density at radius 2 is 1.88 bits per heavy atom. The van der Waals surface area contributed by atoms with Crippen LogP contribution in [0.2, 0.25) is 0 Å². The van der Waals surface area contributed by atoms with Crippen molar-refractivity contribution in [1.82, 2.24) is 14.5 Å². The van der Waals surface area contributed by atoms with Gasteiger partial charge in [0, 0.05) is 20.0 Å². The molecular formula is C14H12ClF4N3O3. The van der Waals surface area contributed by atoms with E-state index in [0.29, 0.717) is 0 Å². The summed E-state index contributed by atoms with van der Waals surface area (Å²) < 4.78 is 53.2. The number of hydrogen-bond donors (Lipinski definition) is 1. The molecule has 1 amide bonds. The van der Waals surface area contributed by atoms with E-state index < -0.39 is 52.0 Å². The fraction of sp³-hybridized carbons (Fsp3) is 0.357. The molecular weight excluding hydrogens is 370 g/mol. The van der Waals surface area contributed by atoms with E-state index in [4.69, 9.17) is 11.6 Å². The van der Waals surface area contributed by atoms with Gasteiger partial charge in [-0.1, -0.05) is 0 Å². The molecule has 0 saturated carbocycles. The number of rotatable bonds is 2. The van der Waals surface area contributed by atoms with E-state index in [1.54, 1.807) is 0 Å². The smallest absolute Gasteiger partial charge is 0.348 e. The number of alkyl halides is 4. The van der Waals surface area contributed by atoms with Crippen molar-refractivity contribution >= 4 is 23.2 Å². The molecule has 1 aromatic heterocycles. The molecule has 11 heteroatoms. The lowest BCUT2D eigenvalue weighted by atomic mass is 10.0. The van der Waals surface area contributed by atoms with Crippen molar-refractivity contribution in [1.29, 1.82) is 0 Å². The summed E-state index contributed by atoms with van der Waals surface area (Å²) >= 11 is 5.88. The molecule has 136 valence electrons. The Morgan fingerprint density at radius 3 is 2.40 bits per heavy atom. The van der Waals surface area contributed by atoms with Gasteiger partial charge in [0.05, 0.1) is 17.1 Å². The van der Waals surface area contributed by atoms with Crippen molar-refractivity contribution in [2.24, 2.45) is 7.05 Å². The lowest BCUT2D eigenvalue weighted by molar-refractivity contribution is -0.144. The van der Waals surface area contributed by atoms with Gasteiger partial charge in [-0.3, -0.25) is 14.2 Å². The van der Waals surface area contributed by atoms with Crippen molar-refractivity contribution in [3.8, 4) is 0 Å². The first kappa shape index (κ1) is 19.0. The molecule has 0 spiro atoms. The molecule has 0 fully saturated rings. The van der Waals surface area contributed by atoms with Gasteiger partial charge in [0.1, 0.15) is 11.5 Å². The van der Waals surface area contributed by atoms with Crippen molar-refractivity contribution in [2.75, 3.05) is 0 Å². The number of hydrogen-bond acceptors (Lipinski definition) is 3. The van der Waals surface area contributed by atoms with Crippen LogP contribution in [0.5, 0.6) is 0 Å². The SMILES string of the molecule is CC(=O)NC1C=C(n2c(=O)cc(C(F)(F)F)n(C)c2=O)C(F)=CC1Cl. The lowest BCUT2D eigenvalue weighted by Gasteiger charge is -2.24. The second-order valence-corrected chi connectivity index (χ2v) is 5.78. The number of carbonyl (C=O) groups is 1. The second kappa shape index (κ2) is 6.51. The van der Waals surface area contributed by atoms with Gasteiger partial charge in [-0.15, -0.1) is 11.6 Å². The fourth-order valence-electron chi connectivity index (χ4n) is 2.33. The van der Waals surface area contributed by atoms with Crippen LogP contribution in [0.1, 0.15) is 12.6 Å². The van der Waals surface area contributed by atoms with Crippen LogP contribution in [-0.4, -0.2) is 26.5 Å². The van der Waals surface area contributed by atoms with Gasteiger partial charge >= 0.3 is 11.9 Å². The zero-order chi connectivity index (χ0) is 19.1. The third kappa shape index (κ3) is 3.68. The number of nitrogens with one attached hydrogen (secondary N) is 1. The average molecular weight is 382 g/mol. The predicted molar refractivity (Wildman–Crippen MR) is 81.7 cm³/mol. The van der Waals surface area contributed by atoms with Crippen molar-refractivity contribution in [3.05, 3.63) is 50.6 Å². The molecule has 0 aliphatic heterocycles. The van der Waals surface area contributed by atoms with E-state index in [1.807, 2.05) is 0 Å². The largest absolute Gasteiger partial charge is 0.431 e. The average Bonchev–Trinajstić information content (AvgIpc) is 2.45. The number of aromatic nitrogens is 2. The molecule has 0 bridgehead atoms. The van der Waals surface area contributed by atoms with Gasteiger partial charge in [0.25, 0.3) is 5.56 Å². The second-order valence-electron chi connectivity index (χ2n) is 5.28. The van der Waals surface area contributed by atoms with Gasteiger partial charge in [-0.25, -0.2) is 13.8 Å². The number of nitrogens with zero attached hydrogens (tertiary/aromatic N) is 2. The molecule has 2 rings (SSSR count). The quantitative estimate of drug-likeness (QED) is 0.621. The minimum atomic E-state index is -4.93. The summed E-state index contributed by atoms with van der Waals surface area (Å²) in [5.41, 5.74) is -4.80. The van der Waals surface area contributed by atoms with Crippen LogP contribution >= 0.6 is 11.6 Å². The van der Waals surface area contributed by atoms with Gasteiger partial charge in [-0.05, 0) is 12.2 Å². The Balaban J connectivity index is 2.67. The first-order valence-corrected chi connectivity index (χ1v) is 7.28. The number of allylic oxidation sites excluding steroid dienone is 2. The maximum absolute atomic E-state index is 14.2. The first-order chi connectivity index (χ1) is 11.4. The third-order valence-corrected chi connectivity index (χ3v) is 3.85. The fourth-order valence-corrected chi connectivity index (χ4v) is 2.57. The van der Waals surface area contributed by atoms with Gasteiger partial charge < -0.3 is 5.32 Å². The summed E-state index contributed by atoms with van der Waals surface area (Å²) in [6, 6.07) is -0.761. The Hall–Kier alpha value is -2.36. The van der Waals surface area contributed by atoms with Crippen molar-refractivity contribution in [3.63, 3.8) is 0 Å². The number of halogens is 5. The molecule has 6 nitrogen and oxygen atoms in total. The molecule has 1 aliphatic rings. The normalized spacial score (nSPS) is 20.8. The van der Waals surface area contributed by atoms with E-state index in [2.05, 4.69) is 5.32 Å². The molecule has 1 heterocycles. The van der Waals surface area contributed by atoms with Gasteiger partial charge in [-0.2, -0.15) is 13.2 Å². The molecule has 0 radical (unpaired) electrons. The molecule has 1 N–H and O–H groups in total. The van der Waals surface area contributed by atoms with Crippen LogP contribution in [0.15, 0.2) is 33.6 Å². The van der Waals surface area contributed by atoms with Crippen LogP contribution in [0.3, 0.4) is 0 Å². The highest BCUT2D eigenvalue weighted by atomic mass is 35.5. The topological polar surface area (TPSA) is 73.1 Å². The van der Waals surface area contributed by atoms with E-state index in [1.165, 1.54) is 6.92 Å². The third-order valence-electron chi connectivity index (χ3n) is 3.45. The Morgan fingerprint density at radius 1 is 1.28 bits per heavy atom. The maximum atomic E-state index is 14.2. The van der Waals surface area contributed by atoms with E-state index in [-0.39, 0.29) is 15.2 Å². The van der Waals surface area contributed by atoms with Crippen LogP contribution in [0.25, 0.3) is 5.70 Å². The predicted octanol–water partition coefficient (Wildman–Crippen LogP) is 1.39. The van der Waals surface area contributed by atoms with Crippen LogP contribution < -0.4 is 16.6 Å². The van der Waals surface area contributed by atoms with E-state index in [9.17, 15) is 31.9 Å². The monoisotopic (exact) mass is 381 g/mol. The van der Waals surface area contributed by atoms with E-state index >= 15 is 0 Å². The zero-order valence-electron chi connectivity index (χ0n) is 12.9. The Bertz CT molecular complexity index is 898. The summed E-state index contributed by atoms with van der Waals surface area (Å²) in [5, 5.41) is 1.38. The van der Waals surface area contributed by atoms with Gasteiger partial charge in [0.2, 0.25) is 5.91 Å². The summed E-state index contributed by atoms with van der Waals surface area (Å²) in [4.78, 5) is 35.3. The Kier molecular flexibility index (Phi) is 4.94. The molecule has 0 aromatic carbocycles. The maximum Gasteiger partial charge on any atom is 0.431 e. The van der Waals surface area contributed by atoms with Crippen LogP contribution in [0, 0.1) is 0 Å².